The van der Waals surface area contributed by atoms with E-state index in [1.54, 1.807) is 13.8 Å². The molecular formula is C17H22F2N2O3. The fraction of sp³-hybridized carbons (Fsp3) is 0.529. The summed E-state index contributed by atoms with van der Waals surface area (Å²) >= 11 is 0. The molecule has 1 aromatic rings. The smallest absolute Gasteiger partial charge is 0.257 e. The molecule has 0 aliphatic carbocycles. The largest absolute Gasteiger partial charge is 0.376 e. The van der Waals surface area contributed by atoms with Gasteiger partial charge in [-0.2, -0.15) is 0 Å². The molecule has 0 aromatic heterocycles. The van der Waals surface area contributed by atoms with Crippen molar-refractivity contribution < 1.29 is 23.1 Å². The Morgan fingerprint density at radius 3 is 2.50 bits per heavy atom. The predicted octanol–water partition coefficient (Wildman–Crippen LogP) is 2.01. The Bertz CT molecular complexity index is 581. The van der Waals surface area contributed by atoms with Gasteiger partial charge >= 0.3 is 0 Å². The molecule has 7 heteroatoms. The monoisotopic (exact) mass is 340 g/mol. The topological polar surface area (TPSA) is 67.4 Å². The second kappa shape index (κ2) is 8.19. The van der Waals surface area contributed by atoms with Crippen molar-refractivity contribution >= 4 is 11.8 Å². The van der Waals surface area contributed by atoms with Crippen molar-refractivity contribution in [2.24, 2.45) is 5.92 Å². The fourth-order valence-electron chi connectivity index (χ4n) is 2.59. The molecule has 2 N–H and O–H groups in total. The fourth-order valence-corrected chi connectivity index (χ4v) is 2.59. The van der Waals surface area contributed by atoms with Gasteiger partial charge in [0.2, 0.25) is 5.91 Å². The van der Waals surface area contributed by atoms with Crippen molar-refractivity contribution in [1.82, 2.24) is 10.6 Å². The molecule has 2 rings (SSSR count). The molecule has 0 radical (unpaired) electrons. The van der Waals surface area contributed by atoms with Gasteiger partial charge in [0.05, 0.1) is 6.10 Å². The molecule has 0 unspecified atom stereocenters. The zero-order valence-corrected chi connectivity index (χ0v) is 13.8. The minimum absolute atomic E-state index is 0.0264. The number of halogens is 2. The van der Waals surface area contributed by atoms with Crippen LogP contribution in [0, 0.1) is 17.6 Å². The molecule has 1 saturated heterocycles. The lowest BCUT2D eigenvalue weighted by molar-refractivity contribution is -0.124. The summed E-state index contributed by atoms with van der Waals surface area (Å²) in [6, 6.07) is 2.29. The van der Waals surface area contributed by atoms with Crippen LogP contribution in [-0.2, 0) is 9.53 Å². The summed E-state index contributed by atoms with van der Waals surface area (Å²) in [4.78, 5) is 24.5. The summed E-state index contributed by atoms with van der Waals surface area (Å²) < 4.78 is 32.8. The van der Waals surface area contributed by atoms with Crippen molar-refractivity contribution in [1.29, 1.82) is 0 Å². The summed E-state index contributed by atoms with van der Waals surface area (Å²) in [5.41, 5.74) is -0.685. The van der Waals surface area contributed by atoms with Crippen LogP contribution >= 0.6 is 0 Å². The quantitative estimate of drug-likeness (QED) is 0.832. The highest BCUT2D eigenvalue weighted by Crippen LogP contribution is 2.14. The minimum atomic E-state index is -0.963. The van der Waals surface area contributed by atoms with Crippen LogP contribution in [-0.4, -0.2) is 37.1 Å². The number of amides is 2. The van der Waals surface area contributed by atoms with Crippen molar-refractivity contribution in [2.75, 3.05) is 13.2 Å². The number of nitrogens with one attached hydrogen (secondary N) is 2. The molecule has 2 amide bonds. The number of hydrogen-bond donors (Lipinski definition) is 2. The zero-order chi connectivity index (χ0) is 17.7. The number of ether oxygens (including phenoxy) is 1. The van der Waals surface area contributed by atoms with E-state index < -0.39 is 35.1 Å². The molecule has 0 bridgehead atoms. The normalized spacial score (nSPS) is 18.5. The van der Waals surface area contributed by atoms with E-state index in [2.05, 4.69) is 10.6 Å². The van der Waals surface area contributed by atoms with E-state index in [0.717, 1.165) is 25.0 Å². The first-order valence-corrected chi connectivity index (χ1v) is 8.04. The SMILES string of the molecule is CC(C)[C@H](NC(=O)c1c(F)cccc1F)C(=O)NC[C@@H]1CCCO1. The third kappa shape index (κ3) is 4.50. The Balaban J connectivity index is 2.01. The van der Waals surface area contributed by atoms with Gasteiger partial charge in [0.25, 0.3) is 5.91 Å². The molecule has 0 spiro atoms. The van der Waals surface area contributed by atoms with E-state index in [-0.39, 0.29) is 12.0 Å². The van der Waals surface area contributed by atoms with Crippen LogP contribution in [0.4, 0.5) is 8.78 Å². The number of hydrogen-bond acceptors (Lipinski definition) is 3. The summed E-state index contributed by atoms with van der Waals surface area (Å²) in [5, 5.41) is 5.14. The Morgan fingerprint density at radius 2 is 1.96 bits per heavy atom. The first-order valence-electron chi connectivity index (χ1n) is 8.04. The van der Waals surface area contributed by atoms with E-state index in [1.165, 1.54) is 6.07 Å². The van der Waals surface area contributed by atoms with Crippen LogP contribution in [0.25, 0.3) is 0 Å². The Labute approximate surface area is 139 Å². The number of rotatable bonds is 6. The van der Waals surface area contributed by atoms with E-state index in [9.17, 15) is 18.4 Å². The first-order chi connectivity index (χ1) is 11.4. The molecule has 1 aliphatic rings. The van der Waals surface area contributed by atoms with Crippen molar-refractivity contribution in [3.8, 4) is 0 Å². The molecule has 24 heavy (non-hydrogen) atoms. The maximum absolute atomic E-state index is 13.7. The average Bonchev–Trinajstić information content (AvgIpc) is 3.03. The minimum Gasteiger partial charge on any atom is -0.376 e. The van der Waals surface area contributed by atoms with Crippen molar-refractivity contribution in [3.63, 3.8) is 0 Å². The maximum atomic E-state index is 13.7. The predicted molar refractivity (Wildman–Crippen MR) is 84.4 cm³/mol. The van der Waals surface area contributed by atoms with Crippen LogP contribution < -0.4 is 10.6 Å². The van der Waals surface area contributed by atoms with Gasteiger partial charge in [-0.25, -0.2) is 8.78 Å². The van der Waals surface area contributed by atoms with Crippen LogP contribution in [0.1, 0.15) is 37.0 Å². The van der Waals surface area contributed by atoms with Gasteiger partial charge in [0, 0.05) is 13.2 Å². The molecule has 1 fully saturated rings. The highest BCUT2D eigenvalue weighted by molar-refractivity contribution is 5.98. The maximum Gasteiger partial charge on any atom is 0.257 e. The molecule has 132 valence electrons. The third-order valence-electron chi connectivity index (χ3n) is 3.95. The summed E-state index contributed by atoms with van der Waals surface area (Å²) in [5.74, 6) is -3.51. The molecule has 0 saturated carbocycles. The van der Waals surface area contributed by atoms with Crippen molar-refractivity contribution in [3.05, 3.63) is 35.4 Å². The summed E-state index contributed by atoms with van der Waals surface area (Å²) in [7, 11) is 0. The third-order valence-corrected chi connectivity index (χ3v) is 3.95. The van der Waals surface area contributed by atoms with Gasteiger partial charge in [0.1, 0.15) is 23.2 Å². The van der Waals surface area contributed by atoms with Gasteiger partial charge in [-0.15, -0.1) is 0 Å². The Morgan fingerprint density at radius 1 is 1.29 bits per heavy atom. The molecule has 1 aromatic carbocycles. The lowest BCUT2D eigenvalue weighted by Crippen LogP contribution is -2.51. The highest BCUT2D eigenvalue weighted by Gasteiger charge is 2.28. The lowest BCUT2D eigenvalue weighted by atomic mass is 10.0. The van der Waals surface area contributed by atoms with Crippen LogP contribution in [0.3, 0.4) is 0 Å². The average molecular weight is 340 g/mol. The van der Waals surface area contributed by atoms with Crippen molar-refractivity contribution in [2.45, 2.75) is 38.8 Å². The van der Waals surface area contributed by atoms with E-state index in [0.29, 0.717) is 13.2 Å². The van der Waals surface area contributed by atoms with Crippen LogP contribution in [0.2, 0.25) is 0 Å². The van der Waals surface area contributed by atoms with E-state index in [4.69, 9.17) is 4.74 Å². The van der Waals surface area contributed by atoms with Crippen LogP contribution in [0.15, 0.2) is 18.2 Å². The second-order valence-electron chi connectivity index (χ2n) is 6.17. The van der Waals surface area contributed by atoms with Gasteiger partial charge in [-0.3, -0.25) is 9.59 Å². The van der Waals surface area contributed by atoms with E-state index >= 15 is 0 Å². The summed E-state index contributed by atoms with van der Waals surface area (Å²) in [6.45, 7) is 4.52. The number of carbonyl (C=O) groups excluding carboxylic acids is 2. The molecule has 1 aliphatic heterocycles. The molecule has 1 heterocycles. The van der Waals surface area contributed by atoms with Gasteiger partial charge < -0.3 is 15.4 Å². The second-order valence-corrected chi connectivity index (χ2v) is 6.17. The standard InChI is InChI=1S/C17H22F2N2O3/c1-10(2)15(17(23)20-9-11-5-4-8-24-11)21-16(22)14-12(18)6-3-7-13(14)19/h3,6-7,10-11,15H,4-5,8-9H2,1-2H3,(H,20,23)(H,21,22)/t11-,15-/m0/s1. The number of carbonyl (C=O) groups is 2. The Kier molecular flexibility index (Phi) is 6.25. The van der Waals surface area contributed by atoms with E-state index in [1.807, 2.05) is 0 Å². The van der Waals surface area contributed by atoms with Crippen LogP contribution in [0.5, 0.6) is 0 Å². The zero-order valence-electron chi connectivity index (χ0n) is 13.8. The molecule has 5 nitrogen and oxygen atoms in total. The Hall–Kier alpha value is -2.02. The lowest BCUT2D eigenvalue weighted by Gasteiger charge is -2.22. The summed E-state index contributed by atoms with van der Waals surface area (Å²) in [6.07, 6.45) is 1.80. The molecular weight excluding hydrogens is 318 g/mol. The van der Waals surface area contributed by atoms with Gasteiger partial charge in [-0.05, 0) is 30.9 Å². The van der Waals surface area contributed by atoms with Gasteiger partial charge in [0.15, 0.2) is 0 Å². The highest BCUT2D eigenvalue weighted by atomic mass is 19.1. The van der Waals surface area contributed by atoms with Gasteiger partial charge in [-0.1, -0.05) is 19.9 Å². The number of benzene rings is 1. The molecule has 2 atom stereocenters. The first kappa shape index (κ1) is 18.3.